The Morgan fingerprint density at radius 2 is 1.84 bits per heavy atom. The Bertz CT molecular complexity index is 756. The van der Waals surface area contributed by atoms with E-state index in [1.165, 1.54) is 7.11 Å². The Labute approximate surface area is 148 Å². The van der Waals surface area contributed by atoms with E-state index in [0.29, 0.717) is 29.1 Å². The van der Waals surface area contributed by atoms with E-state index in [4.69, 9.17) is 4.74 Å². The Hall–Kier alpha value is -2.82. The molecule has 0 bridgehead atoms. The first-order chi connectivity index (χ1) is 12.0. The standard InChI is InChI=1S/C20H24N2O3/c1-4-5-10-19(23)22-17-12-11-15(13-18(17)25-3)21-20(24)16-9-7-6-8-14(16)2/h6-9,11-13H,4-5,10H2,1-3H3,(H,21,24)(H,22,23). The number of amides is 2. The summed E-state index contributed by atoms with van der Waals surface area (Å²) in [5.74, 6) is 0.282. The average molecular weight is 340 g/mol. The number of aryl methyl sites for hydroxylation is 1. The summed E-state index contributed by atoms with van der Waals surface area (Å²) >= 11 is 0. The molecule has 0 saturated heterocycles. The lowest BCUT2D eigenvalue weighted by molar-refractivity contribution is -0.116. The van der Waals surface area contributed by atoms with E-state index in [-0.39, 0.29) is 11.8 Å². The molecule has 5 heteroatoms. The van der Waals surface area contributed by atoms with E-state index in [0.717, 1.165) is 18.4 Å². The minimum Gasteiger partial charge on any atom is -0.494 e. The maximum Gasteiger partial charge on any atom is 0.255 e. The minimum atomic E-state index is -0.181. The quantitative estimate of drug-likeness (QED) is 0.786. The van der Waals surface area contributed by atoms with Crippen LogP contribution in [0, 0.1) is 6.92 Å². The monoisotopic (exact) mass is 340 g/mol. The normalized spacial score (nSPS) is 10.2. The molecule has 5 nitrogen and oxygen atoms in total. The molecule has 0 aliphatic rings. The second kappa shape index (κ2) is 8.87. The predicted octanol–water partition coefficient (Wildman–Crippen LogP) is 4.38. The number of benzene rings is 2. The third kappa shape index (κ3) is 5.08. The third-order valence-corrected chi connectivity index (χ3v) is 3.88. The number of ether oxygens (including phenoxy) is 1. The van der Waals surface area contributed by atoms with Crippen molar-refractivity contribution >= 4 is 23.2 Å². The first-order valence-corrected chi connectivity index (χ1v) is 8.40. The molecule has 0 atom stereocenters. The topological polar surface area (TPSA) is 67.4 Å². The molecule has 0 saturated carbocycles. The molecule has 0 aliphatic carbocycles. The Morgan fingerprint density at radius 3 is 2.52 bits per heavy atom. The molecule has 0 spiro atoms. The highest BCUT2D eigenvalue weighted by molar-refractivity contribution is 6.05. The van der Waals surface area contributed by atoms with Gasteiger partial charge in [0, 0.05) is 23.7 Å². The highest BCUT2D eigenvalue weighted by atomic mass is 16.5. The number of carbonyl (C=O) groups excluding carboxylic acids is 2. The lowest BCUT2D eigenvalue weighted by Gasteiger charge is -2.13. The first kappa shape index (κ1) is 18.5. The number of methoxy groups -OCH3 is 1. The van der Waals surface area contributed by atoms with E-state index >= 15 is 0 Å². The van der Waals surface area contributed by atoms with Crippen LogP contribution in [0.25, 0.3) is 0 Å². The minimum absolute atomic E-state index is 0.0446. The van der Waals surface area contributed by atoms with E-state index in [1.807, 2.05) is 32.0 Å². The molecular formula is C20H24N2O3. The lowest BCUT2D eigenvalue weighted by atomic mass is 10.1. The number of rotatable bonds is 7. The van der Waals surface area contributed by atoms with Crippen molar-refractivity contribution in [2.24, 2.45) is 0 Å². The van der Waals surface area contributed by atoms with Crippen LogP contribution in [0.3, 0.4) is 0 Å². The second-order valence-corrected chi connectivity index (χ2v) is 5.84. The zero-order valence-corrected chi connectivity index (χ0v) is 14.9. The van der Waals surface area contributed by atoms with Crippen molar-refractivity contribution in [3.05, 3.63) is 53.6 Å². The fourth-order valence-electron chi connectivity index (χ4n) is 2.45. The van der Waals surface area contributed by atoms with Gasteiger partial charge < -0.3 is 15.4 Å². The predicted molar refractivity (Wildman–Crippen MR) is 100 cm³/mol. The number of nitrogens with one attached hydrogen (secondary N) is 2. The summed E-state index contributed by atoms with van der Waals surface area (Å²) in [6.07, 6.45) is 2.29. The van der Waals surface area contributed by atoms with Crippen LogP contribution in [0.5, 0.6) is 5.75 Å². The maximum atomic E-state index is 12.4. The number of hydrogen-bond acceptors (Lipinski definition) is 3. The summed E-state index contributed by atoms with van der Waals surface area (Å²) in [6, 6.07) is 12.6. The summed E-state index contributed by atoms with van der Waals surface area (Å²) in [6.45, 7) is 3.93. The van der Waals surface area contributed by atoms with Gasteiger partial charge in [-0.2, -0.15) is 0 Å². The molecule has 2 aromatic rings. The van der Waals surface area contributed by atoms with Gasteiger partial charge in [0.2, 0.25) is 5.91 Å². The zero-order valence-electron chi connectivity index (χ0n) is 14.9. The SMILES string of the molecule is CCCCC(=O)Nc1ccc(NC(=O)c2ccccc2C)cc1OC. The van der Waals surface area contributed by atoms with Crippen LogP contribution in [0.1, 0.15) is 42.1 Å². The van der Waals surface area contributed by atoms with E-state index < -0.39 is 0 Å². The van der Waals surface area contributed by atoms with Gasteiger partial charge in [-0.05, 0) is 37.1 Å². The van der Waals surface area contributed by atoms with Crippen molar-refractivity contribution in [2.45, 2.75) is 33.1 Å². The van der Waals surface area contributed by atoms with Crippen molar-refractivity contribution in [1.29, 1.82) is 0 Å². The second-order valence-electron chi connectivity index (χ2n) is 5.84. The number of hydrogen-bond donors (Lipinski definition) is 2. The van der Waals surface area contributed by atoms with Crippen LogP contribution in [0.2, 0.25) is 0 Å². The summed E-state index contributed by atoms with van der Waals surface area (Å²) < 4.78 is 5.34. The van der Waals surface area contributed by atoms with Gasteiger partial charge in [-0.3, -0.25) is 9.59 Å². The summed E-state index contributed by atoms with van der Waals surface area (Å²) in [4.78, 5) is 24.3. The van der Waals surface area contributed by atoms with Gasteiger partial charge in [0.25, 0.3) is 5.91 Å². The van der Waals surface area contributed by atoms with Crippen molar-refractivity contribution < 1.29 is 14.3 Å². The van der Waals surface area contributed by atoms with Gasteiger partial charge in [0.1, 0.15) is 5.75 Å². The molecule has 0 heterocycles. The van der Waals surface area contributed by atoms with Crippen molar-refractivity contribution in [1.82, 2.24) is 0 Å². The molecule has 2 rings (SSSR count). The highest BCUT2D eigenvalue weighted by Crippen LogP contribution is 2.28. The summed E-state index contributed by atoms with van der Waals surface area (Å²) in [5, 5.41) is 5.70. The molecule has 25 heavy (non-hydrogen) atoms. The Morgan fingerprint density at radius 1 is 1.08 bits per heavy atom. The van der Waals surface area contributed by atoms with Crippen molar-refractivity contribution in [2.75, 3.05) is 17.7 Å². The summed E-state index contributed by atoms with van der Waals surface area (Å²) in [7, 11) is 1.53. The molecule has 0 aliphatic heterocycles. The van der Waals surface area contributed by atoms with Crippen molar-refractivity contribution in [3.63, 3.8) is 0 Å². The Kier molecular flexibility index (Phi) is 6.57. The van der Waals surface area contributed by atoms with E-state index in [1.54, 1.807) is 24.3 Å². The van der Waals surface area contributed by atoms with Crippen LogP contribution in [-0.4, -0.2) is 18.9 Å². The largest absolute Gasteiger partial charge is 0.494 e. The van der Waals surface area contributed by atoms with Crippen LogP contribution in [0.15, 0.2) is 42.5 Å². The first-order valence-electron chi connectivity index (χ1n) is 8.40. The molecule has 0 fully saturated rings. The fourth-order valence-corrected chi connectivity index (χ4v) is 2.45. The molecule has 0 aromatic heterocycles. The third-order valence-electron chi connectivity index (χ3n) is 3.88. The molecular weight excluding hydrogens is 316 g/mol. The molecule has 2 amide bonds. The molecule has 2 aromatic carbocycles. The van der Waals surface area contributed by atoms with Gasteiger partial charge >= 0.3 is 0 Å². The van der Waals surface area contributed by atoms with Crippen LogP contribution in [-0.2, 0) is 4.79 Å². The number of anilines is 2. The van der Waals surface area contributed by atoms with Gasteiger partial charge in [-0.25, -0.2) is 0 Å². The maximum absolute atomic E-state index is 12.4. The lowest BCUT2D eigenvalue weighted by Crippen LogP contribution is -2.14. The van der Waals surface area contributed by atoms with Gasteiger partial charge in [0.05, 0.1) is 12.8 Å². The molecule has 2 N–H and O–H groups in total. The van der Waals surface area contributed by atoms with Crippen LogP contribution >= 0.6 is 0 Å². The van der Waals surface area contributed by atoms with E-state index in [2.05, 4.69) is 10.6 Å². The smallest absolute Gasteiger partial charge is 0.255 e. The number of carbonyl (C=O) groups is 2. The van der Waals surface area contributed by atoms with Gasteiger partial charge in [0.15, 0.2) is 0 Å². The summed E-state index contributed by atoms with van der Waals surface area (Å²) in [5.41, 5.74) is 2.74. The van der Waals surface area contributed by atoms with E-state index in [9.17, 15) is 9.59 Å². The zero-order chi connectivity index (χ0) is 18.2. The van der Waals surface area contributed by atoms with Gasteiger partial charge in [-0.1, -0.05) is 31.5 Å². The highest BCUT2D eigenvalue weighted by Gasteiger charge is 2.12. The van der Waals surface area contributed by atoms with Crippen LogP contribution < -0.4 is 15.4 Å². The molecule has 132 valence electrons. The van der Waals surface area contributed by atoms with Crippen LogP contribution in [0.4, 0.5) is 11.4 Å². The Balaban J connectivity index is 2.11. The molecule has 0 radical (unpaired) electrons. The number of unbranched alkanes of at least 4 members (excludes halogenated alkanes) is 1. The van der Waals surface area contributed by atoms with Gasteiger partial charge in [-0.15, -0.1) is 0 Å². The molecule has 0 unspecified atom stereocenters. The van der Waals surface area contributed by atoms with Crippen molar-refractivity contribution in [3.8, 4) is 5.75 Å². The fraction of sp³-hybridized carbons (Fsp3) is 0.300. The average Bonchev–Trinajstić information content (AvgIpc) is 2.61.